The van der Waals surface area contributed by atoms with Crippen LogP contribution in [0.2, 0.25) is 0 Å². The molecule has 0 radical (unpaired) electrons. The minimum Gasteiger partial charge on any atom is -0.321 e. The van der Waals surface area contributed by atoms with E-state index in [1.807, 2.05) is 4.90 Å². The number of carbonyl (C=O) groups excluding carboxylic acids is 1. The summed E-state index contributed by atoms with van der Waals surface area (Å²) >= 11 is 1.69. The third-order valence-corrected chi connectivity index (χ3v) is 4.71. The van der Waals surface area contributed by atoms with Crippen LogP contribution in [0.5, 0.6) is 0 Å². The molecule has 3 rings (SSSR count). The van der Waals surface area contributed by atoms with Crippen LogP contribution in [0.1, 0.15) is 31.0 Å². The maximum atomic E-state index is 12.5. The van der Waals surface area contributed by atoms with E-state index < -0.39 is 0 Å². The van der Waals surface area contributed by atoms with E-state index in [1.165, 1.54) is 5.56 Å². The Hall–Kier alpha value is -0.910. The fourth-order valence-electron chi connectivity index (χ4n) is 2.76. The zero-order valence-electron chi connectivity index (χ0n) is 11.6. The highest BCUT2D eigenvalue weighted by Gasteiger charge is 2.59. The van der Waals surface area contributed by atoms with Gasteiger partial charge in [-0.25, -0.2) is 0 Å². The van der Waals surface area contributed by atoms with E-state index in [9.17, 15) is 4.79 Å². The molecule has 4 nitrogen and oxygen atoms in total. The lowest BCUT2D eigenvalue weighted by atomic mass is 10.2. The van der Waals surface area contributed by atoms with Gasteiger partial charge in [0.25, 0.3) is 0 Å². The zero-order valence-corrected chi connectivity index (χ0v) is 12.4. The molecule has 1 N–H and O–H groups in total. The highest BCUT2D eigenvalue weighted by Crippen LogP contribution is 2.46. The quantitative estimate of drug-likeness (QED) is 0.890. The molecule has 2 aliphatic rings. The third-order valence-electron chi connectivity index (χ3n) is 4.01. The zero-order chi connectivity index (χ0) is 13.5. The molecular weight excluding hydrogens is 258 g/mol. The second kappa shape index (κ2) is 4.89. The number of rotatable bonds is 5. The third kappa shape index (κ3) is 2.42. The molecule has 1 saturated heterocycles. The average Bonchev–Trinajstić information content (AvgIpc) is 2.84. The summed E-state index contributed by atoms with van der Waals surface area (Å²) in [5, 5.41) is 7.78. The van der Waals surface area contributed by atoms with Crippen molar-refractivity contribution < 1.29 is 4.79 Å². The minimum atomic E-state index is -0.218. The Morgan fingerprint density at radius 3 is 2.89 bits per heavy atom. The Bertz CT molecular complexity index is 453. The molecule has 1 aliphatic carbocycles. The van der Waals surface area contributed by atoms with Crippen LogP contribution < -0.4 is 5.32 Å². The van der Waals surface area contributed by atoms with Crippen molar-refractivity contribution in [2.75, 3.05) is 27.2 Å². The monoisotopic (exact) mass is 279 g/mol. The number of hydrogen-bond acceptors (Lipinski definition) is 4. The highest BCUT2D eigenvalue weighted by molar-refractivity contribution is 7.07. The van der Waals surface area contributed by atoms with Crippen LogP contribution in [0, 0.1) is 0 Å². The van der Waals surface area contributed by atoms with E-state index in [0.29, 0.717) is 5.91 Å². The average molecular weight is 279 g/mol. The van der Waals surface area contributed by atoms with Crippen molar-refractivity contribution in [1.82, 2.24) is 15.1 Å². The lowest BCUT2D eigenvalue weighted by molar-refractivity contribution is -0.130. The largest absolute Gasteiger partial charge is 0.321 e. The molecule has 0 bridgehead atoms. The van der Waals surface area contributed by atoms with Crippen molar-refractivity contribution in [2.45, 2.75) is 31.0 Å². The van der Waals surface area contributed by atoms with Crippen molar-refractivity contribution in [3.8, 4) is 0 Å². The minimum absolute atomic E-state index is 0.0865. The molecule has 1 spiro atoms. The Morgan fingerprint density at radius 2 is 2.32 bits per heavy atom. The smallest absolute Gasteiger partial charge is 0.244 e. The SMILES string of the molecule is CN(C)CCCN1C(=O)C2(CC2)NC1c1ccsc1. The molecule has 1 aliphatic heterocycles. The lowest BCUT2D eigenvalue weighted by Gasteiger charge is -2.24. The van der Waals surface area contributed by atoms with Crippen LogP contribution in [-0.2, 0) is 4.79 Å². The van der Waals surface area contributed by atoms with Gasteiger partial charge in [-0.05, 0) is 62.3 Å². The second-order valence-electron chi connectivity index (χ2n) is 5.84. The molecule has 5 heteroatoms. The molecule has 1 atom stereocenters. The van der Waals surface area contributed by atoms with Gasteiger partial charge in [0.15, 0.2) is 0 Å². The normalized spacial score (nSPS) is 24.7. The molecule has 1 aromatic rings. The molecule has 1 unspecified atom stereocenters. The fourth-order valence-corrected chi connectivity index (χ4v) is 3.44. The lowest BCUT2D eigenvalue weighted by Crippen LogP contribution is -2.34. The molecule has 19 heavy (non-hydrogen) atoms. The molecule has 1 aromatic heterocycles. The Morgan fingerprint density at radius 1 is 1.53 bits per heavy atom. The van der Waals surface area contributed by atoms with E-state index in [0.717, 1.165) is 32.4 Å². The first-order chi connectivity index (χ1) is 9.12. The molecule has 1 amide bonds. The molecule has 1 saturated carbocycles. The molecule has 2 heterocycles. The Kier molecular flexibility index (Phi) is 3.37. The van der Waals surface area contributed by atoms with Gasteiger partial charge in [-0.1, -0.05) is 0 Å². The van der Waals surface area contributed by atoms with Crippen molar-refractivity contribution in [3.63, 3.8) is 0 Å². The van der Waals surface area contributed by atoms with E-state index in [1.54, 1.807) is 11.3 Å². The highest BCUT2D eigenvalue weighted by atomic mass is 32.1. The second-order valence-corrected chi connectivity index (χ2v) is 6.62. The summed E-state index contributed by atoms with van der Waals surface area (Å²) in [6.45, 7) is 1.86. The van der Waals surface area contributed by atoms with Crippen molar-refractivity contribution >= 4 is 17.2 Å². The van der Waals surface area contributed by atoms with Gasteiger partial charge >= 0.3 is 0 Å². The Balaban J connectivity index is 1.72. The van der Waals surface area contributed by atoms with Gasteiger partial charge in [0.05, 0.1) is 0 Å². The van der Waals surface area contributed by atoms with Crippen molar-refractivity contribution in [1.29, 1.82) is 0 Å². The van der Waals surface area contributed by atoms with Crippen LogP contribution in [0.3, 0.4) is 0 Å². The summed E-state index contributed by atoms with van der Waals surface area (Å²) in [5.74, 6) is 0.308. The van der Waals surface area contributed by atoms with E-state index in [-0.39, 0.29) is 11.7 Å². The van der Waals surface area contributed by atoms with Gasteiger partial charge in [-0.15, -0.1) is 0 Å². The maximum absolute atomic E-state index is 12.5. The number of hydrogen-bond donors (Lipinski definition) is 1. The van der Waals surface area contributed by atoms with E-state index >= 15 is 0 Å². The van der Waals surface area contributed by atoms with Crippen LogP contribution in [-0.4, -0.2) is 48.4 Å². The number of carbonyl (C=O) groups is 1. The number of thiophene rings is 1. The summed E-state index contributed by atoms with van der Waals surface area (Å²) in [7, 11) is 4.14. The Labute approximate surface area is 118 Å². The molecule has 2 fully saturated rings. The standard InChI is InChI=1S/C14H21N3OS/c1-16(2)7-3-8-17-12(11-4-9-19-10-11)15-14(5-6-14)13(17)18/h4,9-10,12,15H,3,5-8H2,1-2H3. The first-order valence-corrected chi connectivity index (χ1v) is 7.82. The first kappa shape index (κ1) is 13.1. The number of nitrogens with zero attached hydrogens (tertiary/aromatic N) is 2. The van der Waals surface area contributed by atoms with Gasteiger partial charge < -0.3 is 9.80 Å². The first-order valence-electron chi connectivity index (χ1n) is 6.88. The van der Waals surface area contributed by atoms with Crippen LogP contribution in [0.25, 0.3) is 0 Å². The van der Waals surface area contributed by atoms with Gasteiger partial charge in [0.1, 0.15) is 11.7 Å². The predicted octanol–water partition coefficient (Wildman–Crippen LogP) is 1.66. The summed E-state index contributed by atoms with van der Waals surface area (Å²) < 4.78 is 0. The van der Waals surface area contributed by atoms with Crippen LogP contribution in [0.4, 0.5) is 0 Å². The van der Waals surface area contributed by atoms with Gasteiger partial charge in [0.2, 0.25) is 5.91 Å². The summed E-state index contributed by atoms with van der Waals surface area (Å²) in [5.41, 5.74) is 1.01. The van der Waals surface area contributed by atoms with Gasteiger partial charge in [-0.2, -0.15) is 11.3 Å². The summed E-state index contributed by atoms with van der Waals surface area (Å²) in [6, 6.07) is 2.12. The van der Waals surface area contributed by atoms with Crippen LogP contribution in [0.15, 0.2) is 16.8 Å². The predicted molar refractivity (Wildman–Crippen MR) is 77.0 cm³/mol. The fraction of sp³-hybridized carbons (Fsp3) is 0.643. The summed E-state index contributed by atoms with van der Waals surface area (Å²) in [6.07, 6.45) is 3.10. The molecule has 0 aromatic carbocycles. The number of nitrogens with one attached hydrogen (secondary N) is 1. The van der Waals surface area contributed by atoms with Crippen molar-refractivity contribution in [2.24, 2.45) is 0 Å². The van der Waals surface area contributed by atoms with Gasteiger partial charge in [0, 0.05) is 6.54 Å². The topological polar surface area (TPSA) is 35.6 Å². The van der Waals surface area contributed by atoms with Crippen molar-refractivity contribution in [3.05, 3.63) is 22.4 Å². The van der Waals surface area contributed by atoms with Gasteiger partial charge in [-0.3, -0.25) is 10.1 Å². The summed E-state index contributed by atoms with van der Waals surface area (Å²) in [4.78, 5) is 16.7. The molecule has 104 valence electrons. The van der Waals surface area contributed by atoms with Crippen LogP contribution >= 0.6 is 11.3 Å². The molecular formula is C14H21N3OS. The van der Waals surface area contributed by atoms with E-state index in [4.69, 9.17) is 0 Å². The number of amides is 1. The maximum Gasteiger partial charge on any atom is 0.244 e. The van der Waals surface area contributed by atoms with E-state index in [2.05, 4.69) is 41.1 Å².